The van der Waals surface area contributed by atoms with Crippen LogP contribution >= 0.6 is 0 Å². The molecule has 13 heavy (non-hydrogen) atoms. The lowest BCUT2D eigenvalue weighted by molar-refractivity contribution is 0.251. The Morgan fingerprint density at radius 3 is 2.08 bits per heavy atom. The van der Waals surface area contributed by atoms with Crippen molar-refractivity contribution in [2.24, 2.45) is 0 Å². The van der Waals surface area contributed by atoms with Gasteiger partial charge in [0.1, 0.15) is 5.75 Å². The Morgan fingerprint density at radius 2 is 1.69 bits per heavy atom. The second kappa shape index (κ2) is 4.84. The van der Waals surface area contributed by atoms with Crippen molar-refractivity contribution in [1.29, 1.82) is 0 Å². The predicted molar refractivity (Wildman–Crippen MR) is 49.5 cm³/mol. The van der Waals surface area contributed by atoms with Gasteiger partial charge in [0, 0.05) is 11.1 Å². The van der Waals surface area contributed by atoms with Gasteiger partial charge in [0.15, 0.2) is 0 Å². The summed E-state index contributed by atoms with van der Waals surface area (Å²) in [5.74, 6) is 0.606. The fraction of sp³-hybridized carbons (Fsp3) is 0.400. The van der Waals surface area contributed by atoms with Crippen molar-refractivity contribution in [1.82, 2.24) is 0 Å². The van der Waals surface area contributed by atoms with Crippen LogP contribution in [-0.4, -0.2) is 16.8 Å². The predicted octanol–water partition coefficient (Wildman–Crippen LogP) is 1.07. The van der Waals surface area contributed by atoms with E-state index in [2.05, 4.69) is 0 Å². The second-order valence-corrected chi connectivity index (χ2v) is 2.65. The van der Waals surface area contributed by atoms with Gasteiger partial charge in [-0.15, -0.1) is 0 Å². The molecule has 0 heterocycles. The van der Waals surface area contributed by atoms with Crippen molar-refractivity contribution in [2.45, 2.75) is 20.1 Å². The highest BCUT2D eigenvalue weighted by atomic mass is 16.5. The molecule has 0 bridgehead atoms. The van der Waals surface area contributed by atoms with E-state index in [1.54, 1.807) is 18.2 Å². The zero-order valence-electron chi connectivity index (χ0n) is 7.66. The molecule has 0 unspecified atom stereocenters. The summed E-state index contributed by atoms with van der Waals surface area (Å²) in [5, 5.41) is 18.0. The molecule has 0 saturated heterocycles. The molecule has 0 atom stereocenters. The average molecular weight is 182 g/mol. The first-order chi connectivity index (χ1) is 6.33. The summed E-state index contributed by atoms with van der Waals surface area (Å²) in [7, 11) is 0. The number of hydrogen-bond donors (Lipinski definition) is 2. The molecule has 1 rings (SSSR count). The number of aliphatic hydroxyl groups is 2. The average Bonchev–Trinajstić information content (AvgIpc) is 2.18. The van der Waals surface area contributed by atoms with Crippen molar-refractivity contribution in [2.75, 3.05) is 6.61 Å². The van der Waals surface area contributed by atoms with Crippen molar-refractivity contribution in [3.05, 3.63) is 29.3 Å². The number of ether oxygens (including phenoxy) is 1. The van der Waals surface area contributed by atoms with Crippen LogP contribution < -0.4 is 4.74 Å². The van der Waals surface area contributed by atoms with Gasteiger partial charge in [-0.25, -0.2) is 0 Å². The molecule has 3 nitrogen and oxygen atoms in total. The maximum absolute atomic E-state index is 9.00. The van der Waals surface area contributed by atoms with Crippen molar-refractivity contribution in [3.8, 4) is 5.75 Å². The zero-order valence-corrected chi connectivity index (χ0v) is 7.66. The minimum atomic E-state index is -0.0663. The lowest BCUT2D eigenvalue weighted by Crippen LogP contribution is -2.00. The zero-order chi connectivity index (χ0) is 9.68. The standard InChI is InChI=1S/C10H14O3/c1-2-13-10-8(6-11)4-3-5-9(10)7-12/h3-5,11-12H,2,6-7H2,1H3. The van der Waals surface area contributed by atoms with E-state index in [-0.39, 0.29) is 13.2 Å². The van der Waals surface area contributed by atoms with Crippen molar-refractivity contribution >= 4 is 0 Å². The van der Waals surface area contributed by atoms with Gasteiger partial charge in [0.05, 0.1) is 19.8 Å². The van der Waals surface area contributed by atoms with Crippen molar-refractivity contribution in [3.63, 3.8) is 0 Å². The Morgan fingerprint density at radius 1 is 1.15 bits per heavy atom. The highest BCUT2D eigenvalue weighted by molar-refractivity contribution is 5.40. The van der Waals surface area contributed by atoms with E-state index in [0.717, 1.165) is 0 Å². The Balaban J connectivity index is 3.05. The van der Waals surface area contributed by atoms with Crippen LogP contribution in [0.3, 0.4) is 0 Å². The summed E-state index contributed by atoms with van der Waals surface area (Å²) >= 11 is 0. The van der Waals surface area contributed by atoms with Crippen LogP contribution in [0.4, 0.5) is 0 Å². The van der Waals surface area contributed by atoms with E-state index in [9.17, 15) is 0 Å². The third-order valence-electron chi connectivity index (χ3n) is 1.81. The van der Waals surface area contributed by atoms with E-state index in [1.165, 1.54) is 0 Å². The first kappa shape index (κ1) is 10.0. The SMILES string of the molecule is CCOc1c(CO)cccc1CO. The molecule has 1 aromatic carbocycles. The molecular formula is C10H14O3. The molecule has 0 aliphatic heterocycles. The summed E-state index contributed by atoms with van der Waals surface area (Å²) in [6, 6.07) is 5.36. The van der Waals surface area contributed by atoms with E-state index in [0.29, 0.717) is 23.5 Å². The van der Waals surface area contributed by atoms with Crippen LogP contribution in [0.2, 0.25) is 0 Å². The summed E-state index contributed by atoms with van der Waals surface area (Å²) in [5.41, 5.74) is 1.43. The Bertz CT molecular complexity index is 249. The lowest BCUT2D eigenvalue weighted by Gasteiger charge is -2.11. The van der Waals surface area contributed by atoms with Gasteiger partial charge in [-0.05, 0) is 6.92 Å². The fourth-order valence-electron chi connectivity index (χ4n) is 1.22. The maximum Gasteiger partial charge on any atom is 0.130 e. The van der Waals surface area contributed by atoms with Crippen molar-refractivity contribution < 1.29 is 14.9 Å². The Labute approximate surface area is 77.6 Å². The Hall–Kier alpha value is -1.06. The summed E-state index contributed by atoms with van der Waals surface area (Å²) in [6.45, 7) is 2.27. The Kier molecular flexibility index (Phi) is 3.73. The molecule has 0 amide bonds. The molecule has 0 fully saturated rings. The van der Waals surface area contributed by atoms with Gasteiger partial charge < -0.3 is 14.9 Å². The number of aliphatic hydroxyl groups excluding tert-OH is 2. The van der Waals surface area contributed by atoms with Crippen LogP contribution in [-0.2, 0) is 13.2 Å². The van der Waals surface area contributed by atoms with Gasteiger partial charge in [0.2, 0.25) is 0 Å². The van der Waals surface area contributed by atoms with Crippen LogP contribution in [0.5, 0.6) is 5.75 Å². The molecule has 1 aromatic rings. The monoisotopic (exact) mass is 182 g/mol. The van der Waals surface area contributed by atoms with E-state index in [4.69, 9.17) is 14.9 Å². The first-order valence-electron chi connectivity index (χ1n) is 4.28. The molecule has 72 valence electrons. The molecule has 0 aliphatic rings. The first-order valence-corrected chi connectivity index (χ1v) is 4.28. The minimum absolute atomic E-state index is 0.0663. The molecular weight excluding hydrogens is 168 g/mol. The lowest BCUT2D eigenvalue weighted by atomic mass is 10.1. The fourth-order valence-corrected chi connectivity index (χ4v) is 1.22. The molecule has 0 spiro atoms. The minimum Gasteiger partial charge on any atom is -0.493 e. The quantitative estimate of drug-likeness (QED) is 0.732. The normalized spacial score (nSPS) is 10.1. The molecule has 3 heteroatoms. The smallest absolute Gasteiger partial charge is 0.130 e. The number of rotatable bonds is 4. The van der Waals surface area contributed by atoms with Crippen LogP contribution in [0.25, 0.3) is 0 Å². The van der Waals surface area contributed by atoms with Gasteiger partial charge in [-0.1, -0.05) is 18.2 Å². The molecule has 0 saturated carbocycles. The topological polar surface area (TPSA) is 49.7 Å². The van der Waals surface area contributed by atoms with E-state index < -0.39 is 0 Å². The van der Waals surface area contributed by atoms with Gasteiger partial charge in [-0.3, -0.25) is 0 Å². The highest BCUT2D eigenvalue weighted by Crippen LogP contribution is 2.24. The van der Waals surface area contributed by atoms with Crippen LogP contribution in [0.1, 0.15) is 18.1 Å². The summed E-state index contributed by atoms with van der Waals surface area (Å²) < 4.78 is 5.33. The largest absolute Gasteiger partial charge is 0.493 e. The second-order valence-electron chi connectivity index (χ2n) is 2.65. The molecule has 2 N–H and O–H groups in total. The third-order valence-corrected chi connectivity index (χ3v) is 1.81. The molecule has 0 aromatic heterocycles. The van der Waals surface area contributed by atoms with Gasteiger partial charge in [-0.2, -0.15) is 0 Å². The maximum atomic E-state index is 9.00. The number of benzene rings is 1. The van der Waals surface area contributed by atoms with E-state index >= 15 is 0 Å². The highest BCUT2D eigenvalue weighted by Gasteiger charge is 2.07. The summed E-state index contributed by atoms with van der Waals surface area (Å²) in [4.78, 5) is 0. The molecule has 0 radical (unpaired) electrons. The van der Waals surface area contributed by atoms with Gasteiger partial charge in [0.25, 0.3) is 0 Å². The number of hydrogen-bond acceptors (Lipinski definition) is 3. The van der Waals surface area contributed by atoms with E-state index in [1.807, 2.05) is 6.92 Å². The van der Waals surface area contributed by atoms with Crippen LogP contribution in [0, 0.1) is 0 Å². The third kappa shape index (κ3) is 2.20. The van der Waals surface area contributed by atoms with Crippen LogP contribution in [0.15, 0.2) is 18.2 Å². The number of para-hydroxylation sites is 1. The van der Waals surface area contributed by atoms with Gasteiger partial charge >= 0.3 is 0 Å². The summed E-state index contributed by atoms with van der Waals surface area (Å²) in [6.07, 6.45) is 0. The molecule has 0 aliphatic carbocycles.